The second-order valence-corrected chi connectivity index (χ2v) is 3.52. The maximum atomic E-state index is 8.87. The largest absolute Gasteiger partial charge is 0.379 e. The van der Waals surface area contributed by atoms with Crippen LogP contribution in [0.3, 0.4) is 0 Å². The molecule has 3 aromatic heterocycles. The fourth-order valence-electron chi connectivity index (χ4n) is 1.71. The van der Waals surface area contributed by atoms with Crippen LogP contribution in [0.25, 0.3) is 22.7 Å². The second-order valence-electron chi connectivity index (χ2n) is 3.52. The normalized spacial score (nSPS) is 10.6. The predicted molar refractivity (Wildman–Crippen MR) is 60.8 cm³/mol. The zero-order chi connectivity index (χ0) is 12.5. The molecule has 8 nitrogen and oxygen atoms in total. The van der Waals surface area contributed by atoms with Crippen LogP contribution >= 0.6 is 0 Å². The summed E-state index contributed by atoms with van der Waals surface area (Å²) < 4.78 is 6.16. The maximum absolute atomic E-state index is 8.87. The summed E-state index contributed by atoms with van der Waals surface area (Å²) in [5.41, 5.74) is 7.20. The van der Waals surface area contributed by atoms with Crippen molar-refractivity contribution in [3.8, 4) is 17.6 Å². The minimum Gasteiger partial charge on any atom is -0.379 e. The first kappa shape index (κ1) is 10.2. The molecule has 0 unspecified atom stereocenters. The molecule has 3 heterocycles. The van der Waals surface area contributed by atoms with E-state index in [0.29, 0.717) is 22.7 Å². The molecule has 0 spiro atoms. The minimum absolute atomic E-state index is 0.0924. The van der Waals surface area contributed by atoms with Crippen molar-refractivity contribution >= 4 is 17.0 Å². The van der Waals surface area contributed by atoms with Gasteiger partial charge >= 0.3 is 0 Å². The molecule has 0 saturated carbocycles. The van der Waals surface area contributed by atoms with Gasteiger partial charge in [0.15, 0.2) is 23.0 Å². The highest BCUT2D eigenvalue weighted by Gasteiger charge is 2.19. The van der Waals surface area contributed by atoms with E-state index in [0.717, 1.165) is 0 Å². The molecule has 0 fully saturated rings. The van der Waals surface area contributed by atoms with Gasteiger partial charge < -0.3 is 5.73 Å². The molecule has 0 aromatic carbocycles. The summed E-state index contributed by atoms with van der Waals surface area (Å²) in [5, 5.41) is 16.1. The number of hydrogen-bond acceptors (Lipinski definition) is 7. The van der Waals surface area contributed by atoms with Gasteiger partial charge in [0.1, 0.15) is 12.1 Å². The van der Waals surface area contributed by atoms with E-state index in [1.807, 2.05) is 6.07 Å². The van der Waals surface area contributed by atoms with E-state index >= 15 is 0 Å². The topological polar surface area (TPSA) is 119 Å². The van der Waals surface area contributed by atoms with Crippen molar-refractivity contribution in [1.29, 1.82) is 5.26 Å². The Morgan fingerprint density at radius 2 is 2.33 bits per heavy atom. The van der Waals surface area contributed by atoms with Gasteiger partial charge in [-0.25, -0.2) is 14.6 Å². The summed E-state index contributed by atoms with van der Waals surface area (Å²) in [4.78, 5) is 8.53. The van der Waals surface area contributed by atoms with Gasteiger partial charge in [-0.15, -0.1) is 0 Å². The molecular weight excluding hydrogens is 234 g/mol. The molecule has 2 N–H and O–H groups in total. The van der Waals surface area contributed by atoms with Crippen LogP contribution in [-0.4, -0.2) is 24.8 Å². The molecule has 88 valence electrons. The van der Waals surface area contributed by atoms with Crippen molar-refractivity contribution in [3.05, 3.63) is 18.3 Å². The number of rotatable bonds is 2. The molecule has 0 aliphatic carbocycles. The summed E-state index contributed by atoms with van der Waals surface area (Å²) in [7, 11) is 0. The van der Waals surface area contributed by atoms with Crippen molar-refractivity contribution in [2.75, 3.05) is 5.73 Å². The summed E-state index contributed by atoms with van der Waals surface area (Å²) in [6, 6.07) is 5.61. The third kappa shape index (κ3) is 1.38. The third-order valence-electron chi connectivity index (χ3n) is 2.46. The van der Waals surface area contributed by atoms with Crippen LogP contribution < -0.4 is 5.73 Å². The van der Waals surface area contributed by atoms with E-state index in [1.165, 1.54) is 0 Å². The Labute approximate surface area is 101 Å². The Balaban J connectivity index is 2.32. The van der Waals surface area contributed by atoms with Gasteiger partial charge in [0.2, 0.25) is 0 Å². The lowest BCUT2D eigenvalue weighted by atomic mass is 10.4. The smallest absolute Gasteiger partial charge is 0.199 e. The lowest BCUT2D eigenvalue weighted by Crippen LogP contribution is -2.01. The SMILES string of the molecule is N#CCn1c(-c2nonc2N)nc2cccnc21. The number of pyridine rings is 1. The lowest BCUT2D eigenvalue weighted by Gasteiger charge is -2.00. The number of nitrogens with two attached hydrogens (primary N) is 1. The average Bonchev–Trinajstić information content (AvgIpc) is 2.94. The van der Waals surface area contributed by atoms with E-state index in [9.17, 15) is 0 Å². The van der Waals surface area contributed by atoms with Crippen LogP contribution in [-0.2, 0) is 6.54 Å². The molecule has 3 aromatic rings. The summed E-state index contributed by atoms with van der Waals surface area (Å²) >= 11 is 0. The molecule has 0 amide bonds. The molecule has 3 rings (SSSR count). The number of nitrogen functional groups attached to an aromatic ring is 1. The van der Waals surface area contributed by atoms with E-state index in [1.54, 1.807) is 22.9 Å². The Hall–Kier alpha value is -2.95. The highest BCUT2D eigenvalue weighted by Crippen LogP contribution is 2.24. The van der Waals surface area contributed by atoms with Gasteiger partial charge in [-0.1, -0.05) is 0 Å². The van der Waals surface area contributed by atoms with Crippen LogP contribution in [0.2, 0.25) is 0 Å². The zero-order valence-electron chi connectivity index (χ0n) is 9.11. The van der Waals surface area contributed by atoms with Crippen molar-refractivity contribution < 1.29 is 4.63 Å². The van der Waals surface area contributed by atoms with E-state index in [4.69, 9.17) is 11.0 Å². The first-order valence-electron chi connectivity index (χ1n) is 5.08. The predicted octanol–water partition coefficient (Wildman–Crippen LogP) is 0.587. The van der Waals surface area contributed by atoms with Crippen molar-refractivity contribution in [2.24, 2.45) is 0 Å². The van der Waals surface area contributed by atoms with Gasteiger partial charge in [0, 0.05) is 6.20 Å². The number of nitrogens with zero attached hydrogens (tertiary/aromatic N) is 6. The van der Waals surface area contributed by atoms with E-state index in [-0.39, 0.29) is 12.4 Å². The molecule has 8 heteroatoms. The average molecular weight is 241 g/mol. The van der Waals surface area contributed by atoms with Gasteiger partial charge in [-0.05, 0) is 22.4 Å². The standard InChI is InChI=1S/C10H7N7O/c11-3-5-17-9-6(2-1-4-13-9)14-10(17)7-8(12)16-18-15-7/h1-2,4H,5H2,(H2,12,16). The first-order chi connectivity index (χ1) is 8.81. The number of fused-ring (bicyclic) bond motifs is 1. The number of imidazole rings is 1. The quantitative estimate of drug-likeness (QED) is 0.696. The van der Waals surface area contributed by atoms with E-state index in [2.05, 4.69) is 24.9 Å². The fraction of sp³-hybridized carbons (Fsp3) is 0.100. The maximum Gasteiger partial charge on any atom is 0.199 e. The summed E-state index contributed by atoms with van der Waals surface area (Å²) in [6.07, 6.45) is 1.63. The van der Waals surface area contributed by atoms with Crippen LogP contribution in [0.5, 0.6) is 0 Å². The number of hydrogen-bond donors (Lipinski definition) is 1. The van der Waals surface area contributed by atoms with Gasteiger partial charge in [0.05, 0.1) is 6.07 Å². The van der Waals surface area contributed by atoms with Crippen LogP contribution in [0.1, 0.15) is 0 Å². The van der Waals surface area contributed by atoms with Crippen molar-refractivity contribution in [2.45, 2.75) is 6.54 Å². The molecular formula is C10H7N7O. The first-order valence-corrected chi connectivity index (χ1v) is 5.08. The molecule has 0 bridgehead atoms. The third-order valence-corrected chi connectivity index (χ3v) is 2.46. The lowest BCUT2D eigenvalue weighted by molar-refractivity contribution is 0.310. The van der Waals surface area contributed by atoms with Gasteiger partial charge in [-0.3, -0.25) is 4.57 Å². The number of nitriles is 1. The van der Waals surface area contributed by atoms with E-state index < -0.39 is 0 Å². The molecule has 0 saturated heterocycles. The van der Waals surface area contributed by atoms with Crippen LogP contribution in [0.4, 0.5) is 5.82 Å². The zero-order valence-corrected chi connectivity index (χ0v) is 9.11. The minimum atomic E-state index is 0.0924. The Morgan fingerprint density at radius 3 is 3.06 bits per heavy atom. The summed E-state index contributed by atoms with van der Waals surface area (Å²) in [5.74, 6) is 0.550. The molecule has 0 radical (unpaired) electrons. The van der Waals surface area contributed by atoms with Crippen LogP contribution in [0, 0.1) is 11.3 Å². The summed E-state index contributed by atoms with van der Waals surface area (Å²) in [6.45, 7) is 0.0924. The molecule has 18 heavy (non-hydrogen) atoms. The monoisotopic (exact) mass is 241 g/mol. The van der Waals surface area contributed by atoms with Gasteiger partial charge in [-0.2, -0.15) is 5.26 Å². The molecule has 0 aliphatic heterocycles. The molecule has 0 atom stereocenters. The van der Waals surface area contributed by atoms with Crippen molar-refractivity contribution in [3.63, 3.8) is 0 Å². The molecule has 0 aliphatic rings. The highest BCUT2D eigenvalue weighted by atomic mass is 16.6. The Kier molecular flexibility index (Phi) is 2.16. The Morgan fingerprint density at radius 1 is 1.44 bits per heavy atom. The highest BCUT2D eigenvalue weighted by molar-refractivity contribution is 5.78. The van der Waals surface area contributed by atoms with Crippen LogP contribution in [0.15, 0.2) is 23.0 Å². The number of aromatic nitrogens is 5. The second kappa shape index (κ2) is 3.81. The fourth-order valence-corrected chi connectivity index (χ4v) is 1.71. The van der Waals surface area contributed by atoms with Gasteiger partial charge in [0.25, 0.3) is 0 Å². The Bertz CT molecular complexity index is 751. The van der Waals surface area contributed by atoms with Crippen molar-refractivity contribution in [1.82, 2.24) is 24.8 Å². The number of anilines is 1.